The van der Waals surface area contributed by atoms with Gasteiger partial charge in [0.2, 0.25) is 0 Å². The van der Waals surface area contributed by atoms with Gasteiger partial charge in [-0.1, -0.05) is 6.07 Å². The summed E-state index contributed by atoms with van der Waals surface area (Å²) in [4.78, 5) is 12.7. The van der Waals surface area contributed by atoms with Crippen molar-refractivity contribution in [3.05, 3.63) is 39.4 Å². The van der Waals surface area contributed by atoms with Crippen molar-refractivity contribution < 1.29 is 9.66 Å². The molecule has 1 aromatic carbocycles. The second-order valence-electron chi connectivity index (χ2n) is 4.94. The summed E-state index contributed by atoms with van der Waals surface area (Å²) in [5.74, 6) is 0. The number of nitro benzene ring substituents is 1. The second-order valence-corrected chi connectivity index (χ2v) is 4.94. The first kappa shape index (κ1) is 14.4. The van der Waals surface area contributed by atoms with E-state index in [2.05, 4.69) is 4.90 Å². The lowest BCUT2D eigenvalue weighted by Gasteiger charge is -2.23. The van der Waals surface area contributed by atoms with Crippen LogP contribution in [0.2, 0.25) is 0 Å². The highest BCUT2D eigenvalue weighted by molar-refractivity contribution is 5.50. The molecule has 1 atom stereocenters. The molecule has 6 nitrogen and oxygen atoms in total. The summed E-state index contributed by atoms with van der Waals surface area (Å²) in [6.07, 6.45) is 2.21. The summed E-state index contributed by atoms with van der Waals surface area (Å²) in [6.45, 7) is 2.31. The van der Waals surface area contributed by atoms with Crippen molar-refractivity contribution in [2.45, 2.75) is 25.4 Å². The Labute approximate surface area is 117 Å². The first-order chi connectivity index (χ1) is 9.65. The fraction of sp³-hybridized carbons (Fsp3) is 0.500. The molecule has 0 saturated carbocycles. The number of nitrogens with zero attached hydrogens (tertiary/aromatic N) is 3. The van der Waals surface area contributed by atoms with E-state index in [1.807, 2.05) is 6.07 Å². The highest BCUT2D eigenvalue weighted by Gasteiger charge is 2.25. The third kappa shape index (κ3) is 3.13. The van der Waals surface area contributed by atoms with E-state index in [1.165, 1.54) is 12.1 Å². The highest BCUT2D eigenvalue weighted by atomic mass is 16.6. The van der Waals surface area contributed by atoms with Crippen LogP contribution in [0.4, 0.5) is 5.69 Å². The number of benzene rings is 1. The molecule has 0 aliphatic carbocycles. The first-order valence-electron chi connectivity index (χ1n) is 6.56. The molecule has 0 radical (unpaired) electrons. The van der Waals surface area contributed by atoms with Crippen molar-refractivity contribution in [2.75, 3.05) is 20.3 Å². The number of likely N-dealkylation sites (tertiary alicyclic amines) is 1. The van der Waals surface area contributed by atoms with Gasteiger partial charge >= 0.3 is 0 Å². The van der Waals surface area contributed by atoms with Gasteiger partial charge in [-0.3, -0.25) is 15.0 Å². The molecule has 1 fully saturated rings. The predicted octanol–water partition coefficient (Wildman–Crippen LogP) is 2.08. The van der Waals surface area contributed by atoms with Gasteiger partial charge in [0.25, 0.3) is 5.69 Å². The molecular formula is C14H17N3O3. The number of nitro groups is 1. The van der Waals surface area contributed by atoms with Gasteiger partial charge in [0.05, 0.1) is 11.5 Å². The van der Waals surface area contributed by atoms with Crippen LogP contribution in [0.1, 0.15) is 24.0 Å². The van der Waals surface area contributed by atoms with E-state index in [4.69, 9.17) is 10.00 Å². The van der Waals surface area contributed by atoms with Crippen LogP contribution < -0.4 is 0 Å². The molecule has 1 saturated heterocycles. The molecule has 0 amide bonds. The molecule has 1 aromatic rings. The lowest BCUT2D eigenvalue weighted by molar-refractivity contribution is -0.385. The number of hydrogen-bond acceptors (Lipinski definition) is 5. The molecule has 0 unspecified atom stereocenters. The summed E-state index contributed by atoms with van der Waals surface area (Å²) in [5.41, 5.74) is 0.847. The largest absolute Gasteiger partial charge is 0.383 e. The molecule has 0 spiro atoms. The van der Waals surface area contributed by atoms with E-state index < -0.39 is 4.92 Å². The fourth-order valence-corrected chi connectivity index (χ4v) is 2.64. The Kier molecular flexibility index (Phi) is 4.66. The zero-order valence-electron chi connectivity index (χ0n) is 11.4. The zero-order chi connectivity index (χ0) is 14.5. The molecule has 2 rings (SSSR count). The summed E-state index contributed by atoms with van der Waals surface area (Å²) < 4.78 is 5.20. The van der Waals surface area contributed by atoms with Gasteiger partial charge in [-0.05, 0) is 31.0 Å². The third-order valence-corrected chi connectivity index (χ3v) is 3.62. The fourth-order valence-electron chi connectivity index (χ4n) is 2.64. The van der Waals surface area contributed by atoms with Crippen LogP contribution in [-0.2, 0) is 11.3 Å². The Bertz CT molecular complexity index is 539. The van der Waals surface area contributed by atoms with Crippen LogP contribution in [0.5, 0.6) is 0 Å². The minimum absolute atomic E-state index is 0.105. The average molecular weight is 275 g/mol. The van der Waals surface area contributed by atoms with Crippen LogP contribution >= 0.6 is 0 Å². The molecule has 6 heteroatoms. The molecule has 0 bridgehead atoms. The van der Waals surface area contributed by atoms with E-state index in [0.717, 1.165) is 24.9 Å². The highest BCUT2D eigenvalue weighted by Crippen LogP contribution is 2.24. The summed E-state index contributed by atoms with van der Waals surface area (Å²) in [5, 5.41) is 19.8. The van der Waals surface area contributed by atoms with E-state index in [0.29, 0.717) is 19.2 Å². The quantitative estimate of drug-likeness (QED) is 0.607. The van der Waals surface area contributed by atoms with E-state index in [9.17, 15) is 10.1 Å². The maximum Gasteiger partial charge on any atom is 0.287 e. The van der Waals surface area contributed by atoms with Gasteiger partial charge in [-0.15, -0.1) is 0 Å². The Morgan fingerprint density at radius 2 is 2.40 bits per heavy atom. The number of hydrogen-bond donors (Lipinski definition) is 0. The first-order valence-corrected chi connectivity index (χ1v) is 6.56. The number of ether oxygens (including phenoxy) is 1. The van der Waals surface area contributed by atoms with Crippen LogP contribution in [0.25, 0.3) is 0 Å². The number of rotatable bonds is 5. The minimum Gasteiger partial charge on any atom is -0.383 e. The zero-order valence-corrected chi connectivity index (χ0v) is 11.4. The van der Waals surface area contributed by atoms with Crippen molar-refractivity contribution >= 4 is 5.69 Å². The van der Waals surface area contributed by atoms with Crippen molar-refractivity contribution in [2.24, 2.45) is 0 Å². The van der Waals surface area contributed by atoms with Gasteiger partial charge in [0, 0.05) is 25.8 Å². The maximum atomic E-state index is 11.0. The van der Waals surface area contributed by atoms with Gasteiger partial charge in [0.15, 0.2) is 0 Å². The summed E-state index contributed by atoms with van der Waals surface area (Å²) in [7, 11) is 1.68. The molecule has 1 aliphatic heterocycles. The van der Waals surface area contributed by atoms with Crippen LogP contribution in [-0.4, -0.2) is 36.1 Å². The number of nitriles is 1. The Balaban J connectivity index is 2.16. The molecule has 106 valence electrons. The lowest BCUT2D eigenvalue weighted by atomic mass is 10.1. The van der Waals surface area contributed by atoms with Gasteiger partial charge in [-0.2, -0.15) is 5.26 Å². The van der Waals surface area contributed by atoms with Gasteiger partial charge in [0.1, 0.15) is 11.6 Å². The summed E-state index contributed by atoms with van der Waals surface area (Å²) in [6, 6.07) is 7.03. The summed E-state index contributed by atoms with van der Waals surface area (Å²) >= 11 is 0. The molecular weight excluding hydrogens is 258 g/mol. The number of methoxy groups -OCH3 is 1. The normalized spacial score (nSPS) is 18.9. The molecule has 0 aromatic heterocycles. The van der Waals surface area contributed by atoms with Crippen molar-refractivity contribution in [1.82, 2.24) is 4.90 Å². The SMILES string of the molecule is COC[C@H]1CCCN1Cc1ccc(C#N)c([N+](=O)[O-])c1. The van der Waals surface area contributed by atoms with Crippen molar-refractivity contribution in [1.29, 1.82) is 5.26 Å². The van der Waals surface area contributed by atoms with E-state index in [1.54, 1.807) is 13.2 Å². The van der Waals surface area contributed by atoms with Crippen molar-refractivity contribution in [3.63, 3.8) is 0 Å². The average Bonchev–Trinajstić information content (AvgIpc) is 2.86. The van der Waals surface area contributed by atoms with E-state index >= 15 is 0 Å². The molecule has 1 heterocycles. The Hall–Kier alpha value is -1.97. The monoisotopic (exact) mass is 275 g/mol. The maximum absolute atomic E-state index is 11.0. The molecule has 20 heavy (non-hydrogen) atoms. The predicted molar refractivity (Wildman–Crippen MR) is 73.1 cm³/mol. The molecule has 0 N–H and O–H groups in total. The van der Waals surface area contributed by atoms with E-state index in [-0.39, 0.29) is 11.3 Å². The Morgan fingerprint density at radius 3 is 3.05 bits per heavy atom. The van der Waals surface area contributed by atoms with Crippen LogP contribution in [0, 0.1) is 21.4 Å². The van der Waals surface area contributed by atoms with Crippen LogP contribution in [0.15, 0.2) is 18.2 Å². The third-order valence-electron chi connectivity index (χ3n) is 3.62. The van der Waals surface area contributed by atoms with Gasteiger partial charge in [-0.25, -0.2) is 0 Å². The van der Waals surface area contributed by atoms with Crippen molar-refractivity contribution in [3.8, 4) is 6.07 Å². The smallest absolute Gasteiger partial charge is 0.287 e. The lowest BCUT2D eigenvalue weighted by Crippen LogP contribution is -2.32. The topological polar surface area (TPSA) is 79.4 Å². The molecule has 1 aliphatic rings. The Morgan fingerprint density at radius 1 is 1.60 bits per heavy atom. The van der Waals surface area contributed by atoms with Gasteiger partial charge < -0.3 is 4.74 Å². The minimum atomic E-state index is -0.501. The standard InChI is InChI=1S/C14H17N3O3/c1-20-10-13-3-2-6-16(13)9-11-4-5-12(8-15)14(7-11)17(18)19/h4-5,7,13H,2-3,6,9-10H2,1H3/t13-/m1/s1. The van der Waals surface area contributed by atoms with Crippen LogP contribution in [0.3, 0.4) is 0 Å². The second kappa shape index (κ2) is 6.46.